The predicted molar refractivity (Wildman–Crippen MR) is 121 cm³/mol. The molecule has 4 rings (SSSR count). The van der Waals surface area contributed by atoms with Crippen molar-refractivity contribution in [1.82, 2.24) is 4.57 Å². The molecule has 0 atom stereocenters. The molecule has 1 aromatic heterocycles. The van der Waals surface area contributed by atoms with E-state index in [1.165, 1.54) is 0 Å². The third kappa shape index (κ3) is 3.63. The highest BCUT2D eigenvalue weighted by Crippen LogP contribution is 2.39. The lowest BCUT2D eigenvalue weighted by molar-refractivity contribution is -0.139. The van der Waals surface area contributed by atoms with Crippen molar-refractivity contribution in [3.8, 4) is 11.8 Å². The van der Waals surface area contributed by atoms with Crippen LogP contribution in [0.2, 0.25) is 0 Å². The smallest absolute Gasteiger partial charge is 0.341 e. The number of benzene rings is 3. The van der Waals surface area contributed by atoms with Crippen LogP contribution in [0, 0.1) is 11.3 Å². The first-order chi connectivity index (χ1) is 15.4. The van der Waals surface area contributed by atoms with Gasteiger partial charge in [0, 0.05) is 17.5 Å². The fourth-order valence-corrected chi connectivity index (χ4v) is 4.05. The lowest BCUT2D eigenvalue weighted by Gasteiger charge is -2.12. The van der Waals surface area contributed by atoms with Gasteiger partial charge in [-0.05, 0) is 47.9 Å². The van der Waals surface area contributed by atoms with Crippen LogP contribution in [0.3, 0.4) is 0 Å². The molecule has 4 aromatic rings. The molecule has 0 aliphatic rings. The van der Waals surface area contributed by atoms with Gasteiger partial charge in [0.1, 0.15) is 5.75 Å². The Morgan fingerprint density at radius 2 is 1.88 bits per heavy atom. The molecule has 0 unspecified atom stereocenters. The number of carbonyl (C=O) groups is 2. The van der Waals surface area contributed by atoms with Crippen molar-refractivity contribution in [2.75, 3.05) is 6.61 Å². The zero-order valence-electron chi connectivity index (χ0n) is 17.5. The van der Waals surface area contributed by atoms with Crippen molar-refractivity contribution in [2.45, 2.75) is 19.9 Å². The van der Waals surface area contributed by atoms with Crippen LogP contribution in [-0.4, -0.2) is 28.2 Å². The van der Waals surface area contributed by atoms with Crippen molar-refractivity contribution < 1.29 is 19.4 Å². The summed E-state index contributed by atoms with van der Waals surface area (Å²) in [6.45, 7) is 1.87. The zero-order chi connectivity index (χ0) is 22.8. The molecule has 160 valence electrons. The van der Waals surface area contributed by atoms with E-state index in [9.17, 15) is 14.9 Å². The number of aryl methyl sites for hydroxylation is 1. The molecule has 0 aliphatic carbocycles. The highest BCUT2D eigenvalue weighted by Gasteiger charge is 2.21. The van der Waals surface area contributed by atoms with Gasteiger partial charge in [0.15, 0.2) is 6.61 Å². The molecule has 32 heavy (non-hydrogen) atoms. The number of carbonyl (C=O) groups excluding carboxylic acids is 1. The molecule has 0 saturated heterocycles. The summed E-state index contributed by atoms with van der Waals surface area (Å²) in [6, 6.07) is 18.6. The normalized spacial score (nSPS) is 10.9. The predicted octanol–water partition coefficient (Wildman–Crippen LogP) is 3.84. The molecule has 1 heterocycles. The Bertz CT molecular complexity index is 1410. The number of aliphatic carboxylic acids is 1. The number of carboxylic acid groups (broad SMARTS) is 1. The maximum absolute atomic E-state index is 12.3. The van der Waals surface area contributed by atoms with Gasteiger partial charge < -0.3 is 20.1 Å². The van der Waals surface area contributed by atoms with Gasteiger partial charge in [-0.15, -0.1) is 0 Å². The third-order valence-corrected chi connectivity index (χ3v) is 5.51. The Morgan fingerprint density at radius 1 is 1.09 bits per heavy atom. The number of carboxylic acids is 1. The summed E-state index contributed by atoms with van der Waals surface area (Å²) < 4.78 is 7.67. The van der Waals surface area contributed by atoms with Crippen LogP contribution in [0.15, 0.2) is 54.6 Å². The first-order valence-electron chi connectivity index (χ1n) is 10.1. The number of hydrogen-bond donors (Lipinski definition) is 2. The average molecular weight is 427 g/mol. The first kappa shape index (κ1) is 20.9. The Morgan fingerprint density at radius 3 is 2.56 bits per heavy atom. The molecule has 7 nitrogen and oxygen atoms in total. The van der Waals surface area contributed by atoms with E-state index in [4.69, 9.17) is 15.6 Å². The maximum Gasteiger partial charge on any atom is 0.341 e. The minimum absolute atomic E-state index is 0.323. The van der Waals surface area contributed by atoms with Crippen LogP contribution >= 0.6 is 0 Å². The van der Waals surface area contributed by atoms with E-state index in [1.807, 2.05) is 41.8 Å². The second-order valence-corrected chi connectivity index (χ2v) is 7.44. The Hall–Kier alpha value is -4.31. The van der Waals surface area contributed by atoms with Crippen LogP contribution in [0.1, 0.15) is 34.0 Å². The van der Waals surface area contributed by atoms with E-state index >= 15 is 0 Å². The molecule has 0 fully saturated rings. The number of ether oxygens (including phenoxy) is 1. The van der Waals surface area contributed by atoms with Gasteiger partial charge in [0.05, 0.1) is 28.1 Å². The quantitative estimate of drug-likeness (QED) is 0.465. The summed E-state index contributed by atoms with van der Waals surface area (Å²) >= 11 is 0. The van der Waals surface area contributed by atoms with Crippen LogP contribution in [-0.2, 0) is 17.8 Å². The molecule has 0 aliphatic heterocycles. The topological polar surface area (TPSA) is 118 Å². The van der Waals surface area contributed by atoms with Crippen molar-refractivity contribution in [2.24, 2.45) is 5.73 Å². The Balaban J connectivity index is 2.09. The van der Waals surface area contributed by atoms with Crippen molar-refractivity contribution >= 4 is 33.7 Å². The second-order valence-electron chi connectivity index (χ2n) is 7.44. The van der Waals surface area contributed by atoms with Gasteiger partial charge in [-0.1, -0.05) is 31.2 Å². The minimum Gasteiger partial charge on any atom is -0.481 e. The SMILES string of the molecule is CCc1cc(OCC(=O)O)c2c3c(C(N)=O)cccc3n(Cc3ccccc3C#N)c2c1. The van der Waals surface area contributed by atoms with E-state index in [0.717, 1.165) is 22.2 Å². The molecular weight excluding hydrogens is 406 g/mol. The fourth-order valence-electron chi connectivity index (χ4n) is 4.05. The minimum atomic E-state index is -1.10. The maximum atomic E-state index is 12.3. The molecule has 0 radical (unpaired) electrons. The van der Waals surface area contributed by atoms with Gasteiger partial charge in [-0.2, -0.15) is 5.26 Å². The van der Waals surface area contributed by atoms with Gasteiger partial charge in [0.25, 0.3) is 0 Å². The number of rotatable bonds is 7. The molecule has 0 spiro atoms. The average Bonchev–Trinajstić information content (AvgIpc) is 3.11. The zero-order valence-corrected chi connectivity index (χ0v) is 17.5. The molecule has 0 bridgehead atoms. The van der Waals surface area contributed by atoms with E-state index in [1.54, 1.807) is 24.3 Å². The number of aromatic nitrogens is 1. The molecule has 7 heteroatoms. The summed E-state index contributed by atoms with van der Waals surface area (Å²) in [7, 11) is 0. The third-order valence-electron chi connectivity index (χ3n) is 5.51. The van der Waals surface area contributed by atoms with Crippen LogP contribution in [0.4, 0.5) is 0 Å². The standard InChI is InChI=1S/C25H21N3O4/c1-2-15-10-20-24(21(11-15)32-14-22(29)30)23-18(25(27)31)8-5-9-19(23)28(20)13-17-7-4-3-6-16(17)12-26/h3-11H,2,13-14H2,1H3,(H2,27,31)(H,29,30). The molecule has 3 aromatic carbocycles. The number of nitrogens with two attached hydrogens (primary N) is 1. The largest absolute Gasteiger partial charge is 0.481 e. The Kier molecular flexibility index (Phi) is 5.52. The Labute approximate surface area is 184 Å². The summed E-state index contributed by atoms with van der Waals surface area (Å²) in [5.41, 5.74) is 9.87. The summed E-state index contributed by atoms with van der Waals surface area (Å²) in [4.78, 5) is 23.4. The number of hydrogen-bond acceptors (Lipinski definition) is 4. The number of nitrogens with zero attached hydrogens (tertiary/aromatic N) is 2. The summed E-state index contributed by atoms with van der Waals surface area (Å²) in [5.74, 6) is -1.30. The van der Waals surface area contributed by atoms with Crippen molar-refractivity contribution in [3.63, 3.8) is 0 Å². The number of amides is 1. The van der Waals surface area contributed by atoms with Crippen LogP contribution < -0.4 is 10.5 Å². The highest BCUT2D eigenvalue weighted by molar-refractivity contribution is 6.20. The van der Waals surface area contributed by atoms with E-state index in [0.29, 0.717) is 40.6 Å². The summed E-state index contributed by atoms with van der Waals surface area (Å²) in [6.07, 6.45) is 0.707. The van der Waals surface area contributed by atoms with E-state index < -0.39 is 18.5 Å². The first-order valence-corrected chi connectivity index (χ1v) is 10.1. The van der Waals surface area contributed by atoms with Crippen LogP contribution in [0.5, 0.6) is 5.75 Å². The van der Waals surface area contributed by atoms with Gasteiger partial charge in [-0.3, -0.25) is 4.79 Å². The molecular formula is C25H21N3O4. The molecule has 0 saturated carbocycles. The van der Waals surface area contributed by atoms with Crippen molar-refractivity contribution in [1.29, 1.82) is 5.26 Å². The van der Waals surface area contributed by atoms with Crippen LogP contribution in [0.25, 0.3) is 21.8 Å². The van der Waals surface area contributed by atoms with Gasteiger partial charge in [-0.25, -0.2) is 4.79 Å². The van der Waals surface area contributed by atoms with Gasteiger partial charge >= 0.3 is 5.97 Å². The summed E-state index contributed by atoms with van der Waals surface area (Å²) in [5, 5.41) is 19.9. The molecule has 3 N–H and O–H groups in total. The highest BCUT2D eigenvalue weighted by atomic mass is 16.5. The van der Waals surface area contributed by atoms with E-state index in [2.05, 4.69) is 6.07 Å². The van der Waals surface area contributed by atoms with Crippen molar-refractivity contribution in [3.05, 3.63) is 76.9 Å². The van der Waals surface area contributed by atoms with Gasteiger partial charge in [0.2, 0.25) is 5.91 Å². The lowest BCUT2D eigenvalue weighted by Crippen LogP contribution is -2.12. The van der Waals surface area contributed by atoms with E-state index in [-0.39, 0.29) is 0 Å². The monoisotopic (exact) mass is 427 g/mol. The second kappa shape index (κ2) is 8.44. The number of nitriles is 1. The lowest BCUT2D eigenvalue weighted by atomic mass is 10.0. The number of primary amides is 1. The number of fused-ring (bicyclic) bond motifs is 3. The fraction of sp³-hybridized carbons (Fsp3) is 0.160. The molecule has 1 amide bonds.